The van der Waals surface area contributed by atoms with E-state index in [-0.39, 0.29) is 12.6 Å². The zero-order chi connectivity index (χ0) is 15.9. The van der Waals surface area contributed by atoms with Gasteiger partial charge < -0.3 is 26.7 Å². The van der Waals surface area contributed by atoms with Gasteiger partial charge in [-0.15, -0.1) is 0 Å². The first-order chi connectivity index (χ1) is 10.6. The molecule has 22 heavy (non-hydrogen) atoms. The van der Waals surface area contributed by atoms with E-state index in [9.17, 15) is 0 Å². The average molecular weight is 301 g/mol. The lowest BCUT2D eigenvalue weighted by Gasteiger charge is -2.11. The topological polar surface area (TPSA) is 125 Å². The van der Waals surface area contributed by atoms with Gasteiger partial charge in [0.05, 0.1) is 6.20 Å². The van der Waals surface area contributed by atoms with Crippen molar-refractivity contribution >= 4 is 11.3 Å². The van der Waals surface area contributed by atoms with E-state index in [2.05, 4.69) is 10.2 Å². The summed E-state index contributed by atoms with van der Waals surface area (Å²) in [5.41, 5.74) is 20.2. The van der Waals surface area contributed by atoms with E-state index in [4.69, 9.17) is 26.7 Å². The molecule has 0 saturated heterocycles. The van der Waals surface area contributed by atoms with Crippen molar-refractivity contribution < 1.29 is 9.47 Å². The first kappa shape index (κ1) is 15.5. The van der Waals surface area contributed by atoms with Gasteiger partial charge >= 0.3 is 0 Å². The highest BCUT2D eigenvalue weighted by atomic mass is 16.7. The van der Waals surface area contributed by atoms with E-state index in [1.165, 1.54) is 0 Å². The van der Waals surface area contributed by atoms with Gasteiger partial charge in [-0.2, -0.15) is 5.10 Å². The summed E-state index contributed by atoms with van der Waals surface area (Å²) in [6, 6.07) is 7.37. The molecule has 2 rings (SSSR count). The highest BCUT2D eigenvalue weighted by Gasteiger charge is 2.09. The zero-order valence-corrected chi connectivity index (χ0v) is 12.2. The van der Waals surface area contributed by atoms with Gasteiger partial charge in [0.2, 0.25) is 0 Å². The van der Waals surface area contributed by atoms with Crippen LogP contribution in [0.15, 0.2) is 48.6 Å². The van der Waals surface area contributed by atoms with Crippen LogP contribution in [0.2, 0.25) is 0 Å². The Kier molecular flexibility index (Phi) is 5.05. The first-order valence-electron chi connectivity index (χ1n) is 6.56. The molecule has 7 heteroatoms. The molecule has 116 valence electrons. The van der Waals surface area contributed by atoms with E-state index in [1.54, 1.807) is 25.6 Å². The average Bonchev–Trinajstić information content (AvgIpc) is 3.04. The lowest BCUT2D eigenvalue weighted by molar-refractivity contribution is 0.0509. The fraction of sp³-hybridized carbons (Fsp3) is 0.133. The molecule has 1 aromatic carbocycles. The molecule has 7 nitrogen and oxygen atoms in total. The van der Waals surface area contributed by atoms with Gasteiger partial charge in [-0.05, 0) is 18.2 Å². The number of aromatic nitrogens is 2. The SMILES string of the molecule is COCOc1ccccc1/C(N)=C/C(=C(N)N)c1cn[nH]c1. The molecule has 0 fully saturated rings. The van der Waals surface area contributed by atoms with Crippen LogP contribution in [-0.4, -0.2) is 24.1 Å². The summed E-state index contributed by atoms with van der Waals surface area (Å²) in [6.07, 6.45) is 4.99. The van der Waals surface area contributed by atoms with Gasteiger partial charge in [-0.3, -0.25) is 5.10 Å². The van der Waals surface area contributed by atoms with Crippen LogP contribution in [0.4, 0.5) is 0 Å². The number of H-pyrrole nitrogens is 1. The number of rotatable bonds is 6. The van der Waals surface area contributed by atoms with Crippen LogP contribution >= 0.6 is 0 Å². The first-order valence-corrected chi connectivity index (χ1v) is 6.56. The summed E-state index contributed by atoms with van der Waals surface area (Å²) in [4.78, 5) is 0. The lowest BCUT2D eigenvalue weighted by atomic mass is 10.0. The molecule has 0 aliphatic heterocycles. The lowest BCUT2D eigenvalue weighted by Crippen LogP contribution is -2.12. The van der Waals surface area contributed by atoms with Crippen LogP contribution < -0.4 is 21.9 Å². The standard InChI is InChI=1S/C15H19N5O2/c1-21-9-22-14-5-3-2-4-11(14)13(16)6-12(15(17)18)10-7-19-20-8-10/h2-8H,9,16-18H2,1H3,(H,19,20)/b13-6-. The summed E-state index contributed by atoms with van der Waals surface area (Å²) in [6.45, 7) is 0.133. The number of hydrogen-bond donors (Lipinski definition) is 4. The number of hydrogen-bond acceptors (Lipinski definition) is 6. The van der Waals surface area contributed by atoms with Gasteiger partial charge in [-0.1, -0.05) is 12.1 Å². The fourth-order valence-electron chi connectivity index (χ4n) is 1.92. The molecule has 2 aromatic rings. The van der Waals surface area contributed by atoms with Crippen molar-refractivity contribution in [1.82, 2.24) is 10.2 Å². The molecule has 0 atom stereocenters. The minimum Gasteiger partial charge on any atom is -0.467 e. The molecule has 0 aliphatic carbocycles. The molecule has 0 spiro atoms. The summed E-state index contributed by atoms with van der Waals surface area (Å²) < 4.78 is 10.4. The molecule has 0 bridgehead atoms. The van der Waals surface area contributed by atoms with Gasteiger partial charge in [0.15, 0.2) is 6.79 Å². The van der Waals surface area contributed by atoms with Crippen LogP contribution in [0.5, 0.6) is 5.75 Å². The summed E-state index contributed by atoms with van der Waals surface area (Å²) >= 11 is 0. The molecule has 0 aliphatic rings. The number of ether oxygens (including phenoxy) is 2. The highest BCUT2D eigenvalue weighted by Crippen LogP contribution is 2.26. The van der Waals surface area contributed by atoms with Gasteiger partial charge in [0, 0.05) is 35.7 Å². The van der Waals surface area contributed by atoms with Crippen molar-refractivity contribution in [1.29, 1.82) is 0 Å². The maximum absolute atomic E-state index is 6.18. The van der Waals surface area contributed by atoms with Crippen LogP contribution in [0, 0.1) is 0 Å². The van der Waals surface area contributed by atoms with E-state index >= 15 is 0 Å². The molecule has 0 unspecified atom stereocenters. The van der Waals surface area contributed by atoms with Crippen molar-refractivity contribution in [3.63, 3.8) is 0 Å². The van der Waals surface area contributed by atoms with Crippen molar-refractivity contribution in [3.05, 3.63) is 59.7 Å². The maximum atomic E-state index is 6.18. The fourth-order valence-corrected chi connectivity index (χ4v) is 1.92. The minimum atomic E-state index is 0.133. The minimum absolute atomic E-state index is 0.133. The third-order valence-electron chi connectivity index (χ3n) is 2.95. The Morgan fingerprint density at radius 2 is 2.05 bits per heavy atom. The van der Waals surface area contributed by atoms with Gasteiger partial charge in [0.25, 0.3) is 0 Å². The molecule has 0 amide bonds. The van der Waals surface area contributed by atoms with E-state index in [0.29, 0.717) is 17.0 Å². The second kappa shape index (κ2) is 7.19. The number of nitrogens with one attached hydrogen (secondary N) is 1. The third-order valence-corrected chi connectivity index (χ3v) is 2.95. The van der Waals surface area contributed by atoms with Crippen molar-refractivity contribution in [2.24, 2.45) is 17.2 Å². The molecule has 0 saturated carbocycles. The molecule has 0 radical (unpaired) electrons. The zero-order valence-electron chi connectivity index (χ0n) is 12.2. The molecular weight excluding hydrogens is 282 g/mol. The summed E-state index contributed by atoms with van der Waals surface area (Å²) in [7, 11) is 1.55. The van der Waals surface area contributed by atoms with Crippen LogP contribution in [0.3, 0.4) is 0 Å². The predicted molar refractivity (Wildman–Crippen MR) is 85.0 cm³/mol. The molecular formula is C15H19N5O2. The van der Waals surface area contributed by atoms with Gasteiger partial charge in [-0.25, -0.2) is 0 Å². The van der Waals surface area contributed by atoms with E-state index < -0.39 is 0 Å². The Hall–Kier alpha value is -2.93. The van der Waals surface area contributed by atoms with Crippen molar-refractivity contribution in [2.45, 2.75) is 0 Å². The Morgan fingerprint density at radius 1 is 1.27 bits per heavy atom. The number of aromatic amines is 1. The predicted octanol–water partition coefficient (Wildman–Crippen LogP) is 0.978. The van der Waals surface area contributed by atoms with Crippen molar-refractivity contribution in [2.75, 3.05) is 13.9 Å². The molecule has 1 heterocycles. The maximum Gasteiger partial charge on any atom is 0.188 e. The number of benzene rings is 1. The second-order valence-corrected chi connectivity index (χ2v) is 4.50. The smallest absolute Gasteiger partial charge is 0.188 e. The Labute approximate surface area is 128 Å². The highest BCUT2D eigenvalue weighted by molar-refractivity contribution is 5.84. The Balaban J connectivity index is 2.38. The second-order valence-electron chi connectivity index (χ2n) is 4.50. The third kappa shape index (κ3) is 3.58. The monoisotopic (exact) mass is 301 g/mol. The molecule has 1 aromatic heterocycles. The largest absolute Gasteiger partial charge is 0.467 e. The Morgan fingerprint density at radius 3 is 2.68 bits per heavy atom. The quantitative estimate of drug-likeness (QED) is 0.465. The van der Waals surface area contributed by atoms with Gasteiger partial charge in [0.1, 0.15) is 11.6 Å². The van der Waals surface area contributed by atoms with Crippen molar-refractivity contribution in [3.8, 4) is 5.75 Å². The normalized spacial score (nSPS) is 11.2. The van der Waals surface area contributed by atoms with E-state index in [1.807, 2.05) is 24.3 Å². The number of allylic oxidation sites excluding steroid dienone is 2. The number of methoxy groups -OCH3 is 1. The van der Waals surface area contributed by atoms with Crippen LogP contribution in [0.1, 0.15) is 11.1 Å². The van der Waals surface area contributed by atoms with Crippen LogP contribution in [0.25, 0.3) is 11.3 Å². The number of para-hydroxylation sites is 1. The van der Waals surface area contributed by atoms with E-state index in [0.717, 1.165) is 11.1 Å². The Bertz CT molecular complexity index is 673. The van der Waals surface area contributed by atoms with Crippen LogP contribution in [-0.2, 0) is 4.74 Å². The molecule has 7 N–H and O–H groups in total. The summed E-state index contributed by atoms with van der Waals surface area (Å²) in [5, 5.41) is 6.59. The number of nitrogens with zero attached hydrogens (tertiary/aromatic N) is 1. The summed E-state index contributed by atoms with van der Waals surface area (Å²) in [5.74, 6) is 0.764. The number of nitrogens with two attached hydrogens (primary N) is 3.